The lowest BCUT2D eigenvalue weighted by Crippen LogP contribution is -2.16. The van der Waals surface area contributed by atoms with Crippen LogP contribution in [0.3, 0.4) is 0 Å². The lowest BCUT2D eigenvalue weighted by Gasteiger charge is -2.21. The van der Waals surface area contributed by atoms with Crippen LogP contribution in [0.2, 0.25) is 5.02 Å². The molecule has 4 nitrogen and oxygen atoms in total. The van der Waals surface area contributed by atoms with E-state index in [4.69, 9.17) is 16.6 Å². The minimum Gasteiger partial charge on any atom is -0.361 e. The number of para-hydroxylation sites is 1. The molecule has 7 heteroatoms. The Hall–Kier alpha value is -2.54. The third kappa shape index (κ3) is 5.26. The lowest BCUT2D eigenvalue weighted by molar-refractivity contribution is 0.705. The molecule has 162 valence electrons. The summed E-state index contributed by atoms with van der Waals surface area (Å²) >= 11 is 9.62. The van der Waals surface area contributed by atoms with Crippen LogP contribution in [-0.2, 0) is 6.42 Å². The van der Waals surface area contributed by atoms with E-state index in [0.717, 1.165) is 51.7 Å². The molecule has 0 fully saturated rings. The van der Waals surface area contributed by atoms with Crippen LogP contribution in [-0.4, -0.2) is 22.4 Å². The van der Waals surface area contributed by atoms with Crippen molar-refractivity contribution in [2.75, 3.05) is 22.9 Å². The van der Waals surface area contributed by atoms with Crippen molar-refractivity contribution in [1.82, 2.24) is 4.98 Å². The Morgan fingerprint density at radius 1 is 1.00 bits per heavy atom. The van der Waals surface area contributed by atoms with E-state index < -0.39 is 0 Å². The number of thioether (sulfide) groups is 1. The van der Waals surface area contributed by atoms with E-state index in [0.29, 0.717) is 0 Å². The van der Waals surface area contributed by atoms with Gasteiger partial charge in [-0.15, -0.1) is 0 Å². The molecule has 0 amide bonds. The average Bonchev–Trinajstić information content (AvgIpc) is 3.23. The van der Waals surface area contributed by atoms with Crippen molar-refractivity contribution in [2.45, 2.75) is 18.9 Å². The smallest absolute Gasteiger partial charge is 0.183 e. The normalized spacial score (nSPS) is 16.0. The largest absolute Gasteiger partial charge is 0.361 e. The van der Waals surface area contributed by atoms with E-state index in [2.05, 4.69) is 64.1 Å². The Bertz CT molecular complexity index is 1200. The van der Waals surface area contributed by atoms with Crippen LogP contribution in [0, 0.1) is 0 Å². The topological polar surface area (TPSA) is 49.3 Å². The quantitative estimate of drug-likeness (QED) is 0.306. The minimum atomic E-state index is 0.158. The number of hydrogen-bond donors (Lipinski definition) is 2. The Kier molecular flexibility index (Phi) is 6.62. The second-order valence-corrected chi connectivity index (χ2v) is 10.2. The first-order valence-corrected chi connectivity index (χ1v) is 12.8. The van der Waals surface area contributed by atoms with Gasteiger partial charge in [-0.2, -0.15) is 0 Å². The molecule has 0 aliphatic carbocycles. The number of fused-ring (bicyclic) bond motifs is 1. The van der Waals surface area contributed by atoms with Gasteiger partial charge in [0.2, 0.25) is 0 Å². The van der Waals surface area contributed by atoms with Crippen LogP contribution in [0.1, 0.15) is 23.6 Å². The van der Waals surface area contributed by atoms with E-state index in [1.165, 1.54) is 15.8 Å². The number of thiazole rings is 1. The third-order valence-electron chi connectivity index (χ3n) is 5.33. The summed E-state index contributed by atoms with van der Waals surface area (Å²) in [7, 11) is 0. The van der Waals surface area contributed by atoms with Gasteiger partial charge in [-0.25, -0.2) is 4.98 Å². The predicted octanol–water partition coefficient (Wildman–Crippen LogP) is 7.25. The zero-order valence-corrected chi connectivity index (χ0v) is 19.8. The molecule has 2 heterocycles. The molecule has 0 spiro atoms. The zero-order valence-electron chi connectivity index (χ0n) is 17.4. The number of aromatic nitrogens is 1. The maximum atomic E-state index is 6.16. The summed E-state index contributed by atoms with van der Waals surface area (Å²) < 4.78 is 1.21. The van der Waals surface area contributed by atoms with Crippen LogP contribution < -0.4 is 10.6 Å². The molecule has 3 aromatic carbocycles. The molecule has 1 aliphatic heterocycles. The van der Waals surface area contributed by atoms with E-state index in [9.17, 15) is 0 Å². The molecule has 2 N–H and O–H groups in total. The SMILES string of the molecule is Clc1cccc(C2CCSC(Nc3ccc(CCNc4nc5ccccc5s4)cc3)=N2)c1. The van der Waals surface area contributed by atoms with Gasteiger partial charge >= 0.3 is 0 Å². The molecular weight excluding hydrogens is 456 g/mol. The number of rotatable bonds is 6. The Labute approximate surface area is 201 Å². The van der Waals surface area contributed by atoms with Crippen molar-refractivity contribution in [2.24, 2.45) is 4.99 Å². The zero-order chi connectivity index (χ0) is 21.8. The fraction of sp³-hybridized carbons (Fsp3) is 0.200. The van der Waals surface area contributed by atoms with E-state index >= 15 is 0 Å². The molecule has 4 aromatic rings. The highest BCUT2D eigenvalue weighted by Gasteiger charge is 2.18. The highest BCUT2D eigenvalue weighted by molar-refractivity contribution is 8.14. The molecule has 1 atom stereocenters. The van der Waals surface area contributed by atoms with Crippen LogP contribution in [0.25, 0.3) is 10.2 Å². The highest BCUT2D eigenvalue weighted by Crippen LogP contribution is 2.31. The van der Waals surface area contributed by atoms with Gasteiger partial charge in [-0.3, -0.25) is 4.99 Å². The summed E-state index contributed by atoms with van der Waals surface area (Å²) in [6.45, 7) is 0.858. The summed E-state index contributed by atoms with van der Waals surface area (Å²) in [5, 5.41) is 9.63. The predicted molar refractivity (Wildman–Crippen MR) is 141 cm³/mol. The van der Waals surface area contributed by atoms with Gasteiger partial charge in [0.25, 0.3) is 0 Å². The molecule has 0 bridgehead atoms. The van der Waals surface area contributed by atoms with Gasteiger partial charge < -0.3 is 10.6 Å². The number of hydrogen-bond acceptors (Lipinski definition) is 6. The van der Waals surface area contributed by atoms with Gasteiger partial charge in [0.15, 0.2) is 10.3 Å². The van der Waals surface area contributed by atoms with E-state index in [1.54, 1.807) is 23.1 Å². The number of anilines is 2. The van der Waals surface area contributed by atoms with Gasteiger partial charge in [0.05, 0.1) is 16.3 Å². The first-order chi connectivity index (χ1) is 15.7. The van der Waals surface area contributed by atoms with Crippen LogP contribution in [0.15, 0.2) is 77.8 Å². The van der Waals surface area contributed by atoms with E-state index in [-0.39, 0.29) is 6.04 Å². The molecule has 0 saturated heterocycles. The van der Waals surface area contributed by atoms with Crippen molar-refractivity contribution in [3.8, 4) is 0 Å². The minimum absolute atomic E-state index is 0.158. The van der Waals surface area contributed by atoms with E-state index in [1.807, 2.05) is 24.3 Å². The molecule has 5 rings (SSSR count). The van der Waals surface area contributed by atoms with Crippen molar-refractivity contribution >= 4 is 60.9 Å². The monoisotopic (exact) mass is 478 g/mol. The van der Waals surface area contributed by atoms with Crippen LogP contribution >= 0.6 is 34.7 Å². The van der Waals surface area contributed by atoms with Crippen LogP contribution in [0.5, 0.6) is 0 Å². The van der Waals surface area contributed by atoms with Crippen molar-refractivity contribution in [3.63, 3.8) is 0 Å². The number of nitrogens with zero attached hydrogens (tertiary/aromatic N) is 2. The first-order valence-electron chi connectivity index (χ1n) is 10.6. The highest BCUT2D eigenvalue weighted by atomic mass is 35.5. The average molecular weight is 479 g/mol. The third-order valence-corrected chi connectivity index (χ3v) is 7.48. The van der Waals surface area contributed by atoms with Gasteiger partial charge in [-0.1, -0.05) is 71.1 Å². The second kappa shape index (κ2) is 9.94. The fourth-order valence-electron chi connectivity index (χ4n) is 3.67. The van der Waals surface area contributed by atoms with Crippen molar-refractivity contribution in [3.05, 3.63) is 88.9 Å². The maximum Gasteiger partial charge on any atom is 0.183 e. The number of nitrogens with one attached hydrogen (secondary N) is 2. The molecule has 0 saturated carbocycles. The molecule has 0 radical (unpaired) electrons. The number of amidine groups is 1. The Morgan fingerprint density at radius 3 is 2.72 bits per heavy atom. The molecule has 1 aliphatic rings. The molecule has 1 aromatic heterocycles. The van der Waals surface area contributed by atoms with Gasteiger partial charge in [-0.05, 0) is 60.4 Å². The van der Waals surface area contributed by atoms with Gasteiger partial charge in [0.1, 0.15) is 0 Å². The molecular formula is C25H23ClN4S2. The second-order valence-electron chi connectivity index (χ2n) is 7.63. The van der Waals surface area contributed by atoms with Gasteiger partial charge in [0, 0.05) is 23.0 Å². The Morgan fingerprint density at radius 2 is 1.88 bits per heavy atom. The summed E-state index contributed by atoms with van der Waals surface area (Å²) in [5.41, 5.74) is 4.58. The molecule has 1 unspecified atom stereocenters. The van der Waals surface area contributed by atoms with Crippen molar-refractivity contribution < 1.29 is 0 Å². The lowest BCUT2D eigenvalue weighted by atomic mass is 10.1. The number of benzene rings is 3. The summed E-state index contributed by atoms with van der Waals surface area (Å²) in [5.74, 6) is 1.04. The first kappa shape index (κ1) is 21.3. The number of aliphatic imine (C=N–C) groups is 1. The summed E-state index contributed by atoms with van der Waals surface area (Å²) in [6, 6.07) is 25.0. The Balaban J connectivity index is 1.16. The summed E-state index contributed by atoms with van der Waals surface area (Å²) in [6.07, 6.45) is 1.97. The maximum absolute atomic E-state index is 6.16. The summed E-state index contributed by atoms with van der Waals surface area (Å²) in [4.78, 5) is 9.54. The molecule has 32 heavy (non-hydrogen) atoms. The number of halogens is 1. The standard InChI is InChI=1S/C25H23ClN4S2/c26-19-5-3-4-18(16-19)21-13-15-31-25(29-21)28-20-10-8-17(9-11-20)12-14-27-24-30-22-6-1-2-7-23(22)32-24/h1-11,16,21H,12-15H2,(H,27,30)(H,28,29). The van der Waals surface area contributed by atoms with Crippen molar-refractivity contribution in [1.29, 1.82) is 0 Å². The fourth-order valence-corrected chi connectivity index (χ4v) is 5.69. The van der Waals surface area contributed by atoms with Crippen LogP contribution in [0.4, 0.5) is 10.8 Å².